The lowest BCUT2D eigenvalue weighted by molar-refractivity contribution is -0.136. The third-order valence-corrected chi connectivity index (χ3v) is 1.32. The fourth-order valence-corrected chi connectivity index (χ4v) is 0.665. The molecular weight excluding hydrogens is 120 g/mol. The third kappa shape index (κ3) is 1.99. The van der Waals surface area contributed by atoms with Gasteiger partial charge in [0.15, 0.2) is 0 Å². The van der Waals surface area contributed by atoms with E-state index in [0.29, 0.717) is 6.04 Å². The monoisotopic (exact) mass is 130 g/mol. The van der Waals surface area contributed by atoms with E-state index >= 15 is 0 Å². The number of rotatable bonds is 3. The van der Waals surface area contributed by atoms with Gasteiger partial charge in [0.1, 0.15) is 0 Å². The zero-order chi connectivity index (χ0) is 6.69. The molecule has 1 heterocycles. The van der Waals surface area contributed by atoms with Gasteiger partial charge in [-0.1, -0.05) is 0 Å². The van der Waals surface area contributed by atoms with Gasteiger partial charge < -0.3 is 15.7 Å². The number of carbonyl (C=O) groups is 1. The molecule has 0 unspecified atom stereocenters. The largest absolute Gasteiger partial charge is 0.480 e. The second kappa shape index (κ2) is 2.80. The van der Waals surface area contributed by atoms with Crippen molar-refractivity contribution in [2.75, 3.05) is 19.6 Å². The fourth-order valence-electron chi connectivity index (χ4n) is 0.665. The van der Waals surface area contributed by atoms with E-state index in [9.17, 15) is 4.79 Å². The average molecular weight is 130 g/mol. The predicted octanol–water partition coefficient (Wildman–Crippen LogP) is -1.37. The molecular formula is C5H10N2O2. The summed E-state index contributed by atoms with van der Waals surface area (Å²) in [5.74, 6) is -0.790. The van der Waals surface area contributed by atoms with Crippen molar-refractivity contribution >= 4 is 5.97 Å². The van der Waals surface area contributed by atoms with Crippen molar-refractivity contribution < 1.29 is 9.90 Å². The van der Waals surface area contributed by atoms with E-state index in [1.807, 2.05) is 0 Å². The van der Waals surface area contributed by atoms with E-state index in [0.717, 1.165) is 13.1 Å². The van der Waals surface area contributed by atoms with Crippen LogP contribution >= 0.6 is 0 Å². The molecule has 1 aliphatic rings. The van der Waals surface area contributed by atoms with Gasteiger partial charge in [-0.05, 0) is 0 Å². The number of hydrogen-bond acceptors (Lipinski definition) is 3. The zero-order valence-corrected chi connectivity index (χ0v) is 5.05. The van der Waals surface area contributed by atoms with E-state index in [4.69, 9.17) is 5.11 Å². The van der Waals surface area contributed by atoms with Crippen molar-refractivity contribution in [3.8, 4) is 0 Å². The SMILES string of the molecule is O=C(O)CNC1CNC1. The van der Waals surface area contributed by atoms with Crippen molar-refractivity contribution in [1.29, 1.82) is 0 Å². The number of carboxylic acid groups (broad SMARTS) is 1. The molecule has 52 valence electrons. The summed E-state index contributed by atoms with van der Waals surface area (Å²) in [6.45, 7) is 1.87. The highest BCUT2D eigenvalue weighted by Gasteiger charge is 2.15. The van der Waals surface area contributed by atoms with Gasteiger partial charge in [-0.3, -0.25) is 4.79 Å². The minimum absolute atomic E-state index is 0.0757. The number of nitrogens with one attached hydrogen (secondary N) is 2. The lowest BCUT2D eigenvalue weighted by Crippen LogP contribution is -2.56. The first-order valence-electron chi connectivity index (χ1n) is 2.95. The zero-order valence-electron chi connectivity index (χ0n) is 5.05. The summed E-state index contributed by atoms with van der Waals surface area (Å²) in [6.07, 6.45) is 0. The molecule has 4 heteroatoms. The summed E-state index contributed by atoms with van der Waals surface area (Å²) in [5.41, 5.74) is 0. The van der Waals surface area contributed by atoms with Crippen molar-refractivity contribution in [2.45, 2.75) is 6.04 Å². The first-order chi connectivity index (χ1) is 4.29. The molecule has 0 saturated carbocycles. The summed E-state index contributed by atoms with van der Waals surface area (Å²) < 4.78 is 0. The number of aliphatic carboxylic acids is 1. The van der Waals surface area contributed by atoms with Gasteiger partial charge in [-0.2, -0.15) is 0 Å². The van der Waals surface area contributed by atoms with Gasteiger partial charge in [0.2, 0.25) is 0 Å². The van der Waals surface area contributed by atoms with Crippen LogP contribution in [0.15, 0.2) is 0 Å². The molecule has 1 saturated heterocycles. The lowest BCUT2D eigenvalue weighted by atomic mass is 10.2. The molecule has 0 atom stereocenters. The highest BCUT2D eigenvalue weighted by molar-refractivity contribution is 5.69. The normalized spacial score (nSPS) is 19.1. The van der Waals surface area contributed by atoms with Crippen LogP contribution in [0.25, 0.3) is 0 Å². The summed E-state index contributed by atoms with van der Waals surface area (Å²) in [6, 6.07) is 0.376. The quantitative estimate of drug-likeness (QED) is 0.441. The molecule has 0 aromatic carbocycles. The molecule has 1 aliphatic heterocycles. The van der Waals surface area contributed by atoms with Crippen molar-refractivity contribution in [3.05, 3.63) is 0 Å². The Morgan fingerprint density at radius 3 is 2.78 bits per heavy atom. The van der Waals surface area contributed by atoms with E-state index < -0.39 is 5.97 Å². The Bertz CT molecular complexity index is 112. The van der Waals surface area contributed by atoms with E-state index in [1.54, 1.807) is 0 Å². The molecule has 1 rings (SSSR count). The highest BCUT2D eigenvalue weighted by Crippen LogP contribution is 1.88. The molecule has 0 spiro atoms. The molecule has 0 bridgehead atoms. The molecule has 3 N–H and O–H groups in total. The maximum absolute atomic E-state index is 9.96. The van der Waals surface area contributed by atoms with E-state index in [1.165, 1.54) is 0 Å². The van der Waals surface area contributed by atoms with Crippen LogP contribution < -0.4 is 10.6 Å². The van der Waals surface area contributed by atoms with Crippen LogP contribution in [-0.2, 0) is 4.79 Å². The molecule has 1 fully saturated rings. The van der Waals surface area contributed by atoms with Gasteiger partial charge in [0.05, 0.1) is 6.54 Å². The standard InChI is InChI=1S/C5H10N2O2/c8-5(9)3-7-4-1-6-2-4/h4,6-7H,1-3H2,(H,8,9). The van der Waals surface area contributed by atoms with Crippen molar-refractivity contribution in [1.82, 2.24) is 10.6 Å². The van der Waals surface area contributed by atoms with Crippen LogP contribution in [0.3, 0.4) is 0 Å². The van der Waals surface area contributed by atoms with Gasteiger partial charge in [-0.15, -0.1) is 0 Å². The van der Waals surface area contributed by atoms with Crippen LogP contribution in [0.1, 0.15) is 0 Å². The molecule has 0 radical (unpaired) electrons. The predicted molar refractivity (Wildman–Crippen MR) is 32.3 cm³/mol. The highest BCUT2D eigenvalue weighted by atomic mass is 16.4. The summed E-state index contributed by atoms with van der Waals surface area (Å²) >= 11 is 0. The second-order valence-corrected chi connectivity index (χ2v) is 2.13. The molecule has 0 aromatic rings. The van der Waals surface area contributed by atoms with E-state index in [-0.39, 0.29) is 6.54 Å². The third-order valence-electron chi connectivity index (χ3n) is 1.32. The van der Waals surface area contributed by atoms with Crippen LogP contribution in [0.2, 0.25) is 0 Å². The first-order valence-corrected chi connectivity index (χ1v) is 2.95. The van der Waals surface area contributed by atoms with Crippen molar-refractivity contribution in [3.63, 3.8) is 0 Å². The summed E-state index contributed by atoms with van der Waals surface area (Å²) in [4.78, 5) is 9.96. The maximum Gasteiger partial charge on any atom is 0.317 e. The summed E-state index contributed by atoms with van der Waals surface area (Å²) in [7, 11) is 0. The van der Waals surface area contributed by atoms with Crippen LogP contribution in [0, 0.1) is 0 Å². The Kier molecular flexibility index (Phi) is 2.02. The Labute approximate surface area is 53.2 Å². The molecule has 9 heavy (non-hydrogen) atoms. The van der Waals surface area contributed by atoms with Gasteiger partial charge in [0.25, 0.3) is 0 Å². The molecule has 0 aliphatic carbocycles. The minimum Gasteiger partial charge on any atom is -0.480 e. The minimum atomic E-state index is -0.790. The van der Waals surface area contributed by atoms with Crippen LogP contribution in [0.4, 0.5) is 0 Å². The number of carboxylic acids is 1. The Morgan fingerprint density at radius 2 is 2.44 bits per heavy atom. The van der Waals surface area contributed by atoms with Gasteiger partial charge in [-0.25, -0.2) is 0 Å². The smallest absolute Gasteiger partial charge is 0.317 e. The molecule has 4 nitrogen and oxygen atoms in total. The fraction of sp³-hybridized carbons (Fsp3) is 0.800. The topological polar surface area (TPSA) is 61.4 Å². The maximum atomic E-state index is 9.96. The lowest BCUT2D eigenvalue weighted by Gasteiger charge is -2.27. The summed E-state index contributed by atoms with van der Waals surface area (Å²) in [5, 5.41) is 14.1. The van der Waals surface area contributed by atoms with Gasteiger partial charge in [0, 0.05) is 19.1 Å². The Hall–Kier alpha value is -0.610. The van der Waals surface area contributed by atoms with Crippen molar-refractivity contribution in [2.24, 2.45) is 0 Å². The van der Waals surface area contributed by atoms with Gasteiger partial charge >= 0.3 is 5.97 Å². The average Bonchev–Trinajstić information content (AvgIpc) is 1.60. The van der Waals surface area contributed by atoms with Crippen LogP contribution in [-0.4, -0.2) is 36.8 Å². The number of hydrogen-bond donors (Lipinski definition) is 3. The Morgan fingerprint density at radius 1 is 1.78 bits per heavy atom. The molecule has 0 aromatic heterocycles. The molecule has 0 amide bonds. The Balaban J connectivity index is 1.97. The van der Waals surface area contributed by atoms with Crippen LogP contribution in [0.5, 0.6) is 0 Å². The van der Waals surface area contributed by atoms with E-state index in [2.05, 4.69) is 10.6 Å². The first kappa shape index (κ1) is 6.51. The second-order valence-electron chi connectivity index (χ2n) is 2.13.